The van der Waals surface area contributed by atoms with Crippen molar-refractivity contribution in [2.24, 2.45) is 5.92 Å². The van der Waals surface area contributed by atoms with Crippen molar-refractivity contribution in [1.29, 1.82) is 0 Å². The van der Waals surface area contributed by atoms with Crippen LogP contribution in [0.3, 0.4) is 0 Å². The zero-order chi connectivity index (χ0) is 35.9. The monoisotopic (exact) mass is 685 g/mol. The highest BCUT2D eigenvalue weighted by molar-refractivity contribution is 6.01. The molecule has 0 fully saturated rings. The van der Waals surface area contributed by atoms with Crippen LogP contribution in [0.1, 0.15) is 54.6 Å². The van der Waals surface area contributed by atoms with Crippen LogP contribution in [0, 0.1) is 5.92 Å². The van der Waals surface area contributed by atoms with Gasteiger partial charge in [-0.2, -0.15) is 0 Å². The predicted octanol–water partition coefficient (Wildman–Crippen LogP) is 2.70. The van der Waals surface area contributed by atoms with E-state index in [1.807, 2.05) is 68.4 Å². The lowest BCUT2D eigenvalue weighted by atomic mass is 10.0. The summed E-state index contributed by atoms with van der Waals surface area (Å²) in [5.74, 6) is -1.68. The maximum Gasteiger partial charge on any atom is 0.255 e. The lowest BCUT2D eigenvalue weighted by molar-refractivity contribution is -0.133. The van der Waals surface area contributed by atoms with Gasteiger partial charge in [-0.05, 0) is 60.6 Å². The maximum absolute atomic E-state index is 13.7. The highest BCUT2D eigenvalue weighted by Crippen LogP contribution is 2.19. The first-order chi connectivity index (χ1) is 24.1. The van der Waals surface area contributed by atoms with Crippen molar-refractivity contribution >= 4 is 29.5 Å². The Morgan fingerprint density at radius 3 is 2.38 bits per heavy atom. The topological polar surface area (TPSA) is 164 Å². The van der Waals surface area contributed by atoms with E-state index in [2.05, 4.69) is 26.6 Å². The zero-order valence-electron chi connectivity index (χ0n) is 28.8. The molecular formula is C38H47N5O7. The molecule has 3 aromatic rings. The minimum Gasteiger partial charge on any atom is -0.497 e. The Bertz CT molecular complexity index is 1610. The van der Waals surface area contributed by atoms with Gasteiger partial charge in [0.1, 0.15) is 29.6 Å². The van der Waals surface area contributed by atoms with Crippen LogP contribution in [-0.2, 0) is 32.0 Å². The molecule has 0 aromatic heterocycles. The van der Waals surface area contributed by atoms with Gasteiger partial charge in [-0.3, -0.25) is 24.0 Å². The van der Waals surface area contributed by atoms with Gasteiger partial charge in [0.2, 0.25) is 23.6 Å². The van der Waals surface area contributed by atoms with Gasteiger partial charge in [0.15, 0.2) is 0 Å². The molecule has 1 aliphatic heterocycles. The van der Waals surface area contributed by atoms with E-state index in [9.17, 15) is 24.0 Å². The molecule has 0 bridgehead atoms. The molecule has 5 N–H and O–H groups in total. The minimum absolute atomic E-state index is 0.0113. The summed E-state index contributed by atoms with van der Waals surface area (Å²) in [6.07, 6.45) is 1.01. The molecule has 0 unspecified atom stereocenters. The van der Waals surface area contributed by atoms with Gasteiger partial charge in [0, 0.05) is 19.5 Å². The average Bonchev–Trinajstić information content (AvgIpc) is 3.10. The fourth-order valence-corrected chi connectivity index (χ4v) is 5.57. The number of methoxy groups -OCH3 is 1. The van der Waals surface area contributed by atoms with Crippen molar-refractivity contribution in [1.82, 2.24) is 26.6 Å². The van der Waals surface area contributed by atoms with Gasteiger partial charge in [-0.1, -0.05) is 68.4 Å². The maximum atomic E-state index is 13.7. The smallest absolute Gasteiger partial charge is 0.255 e. The summed E-state index contributed by atoms with van der Waals surface area (Å²) < 4.78 is 11.2. The number of hydrogen-bond donors (Lipinski definition) is 5. The number of carbonyl (C=O) groups is 5. The summed E-state index contributed by atoms with van der Waals surface area (Å²) in [6, 6.07) is 20.2. The molecule has 0 radical (unpaired) electrons. The van der Waals surface area contributed by atoms with E-state index >= 15 is 0 Å². The van der Waals surface area contributed by atoms with Crippen LogP contribution < -0.4 is 36.1 Å². The van der Waals surface area contributed by atoms with Crippen molar-refractivity contribution in [2.45, 2.75) is 64.1 Å². The van der Waals surface area contributed by atoms with Gasteiger partial charge in [0.25, 0.3) is 5.91 Å². The quantitative estimate of drug-likeness (QED) is 0.231. The van der Waals surface area contributed by atoms with Gasteiger partial charge < -0.3 is 36.1 Å². The van der Waals surface area contributed by atoms with E-state index in [1.165, 1.54) is 0 Å². The molecular weight excluding hydrogens is 638 g/mol. The van der Waals surface area contributed by atoms with Crippen LogP contribution in [0.15, 0.2) is 78.9 Å². The lowest BCUT2D eigenvalue weighted by Crippen LogP contribution is -2.56. The first-order valence-electron chi connectivity index (χ1n) is 17.0. The van der Waals surface area contributed by atoms with Crippen molar-refractivity contribution in [3.63, 3.8) is 0 Å². The number of carbonyl (C=O) groups excluding carboxylic acids is 5. The van der Waals surface area contributed by atoms with Crippen molar-refractivity contribution in [2.75, 3.05) is 26.8 Å². The Labute approximate surface area is 293 Å². The second kappa shape index (κ2) is 19.0. The predicted molar refractivity (Wildman–Crippen MR) is 189 cm³/mol. The number of fused-ring (bicyclic) bond motifs is 1. The minimum atomic E-state index is -1.26. The first kappa shape index (κ1) is 37.4. The number of para-hydroxylation sites is 1. The molecule has 266 valence electrons. The molecule has 3 aromatic carbocycles. The molecule has 50 heavy (non-hydrogen) atoms. The van der Waals surface area contributed by atoms with Crippen molar-refractivity contribution in [3.05, 3.63) is 95.6 Å². The molecule has 1 aliphatic rings. The molecule has 4 rings (SSSR count). The van der Waals surface area contributed by atoms with Gasteiger partial charge >= 0.3 is 0 Å². The number of rotatable bonds is 9. The Kier molecular flexibility index (Phi) is 14.2. The summed E-state index contributed by atoms with van der Waals surface area (Å²) in [4.78, 5) is 67.7. The fourth-order valence-electron chi connectivity index (χ4n) is 5.57. The number of amides is 5. The normalized spacial score (nSPS) is 19.3. The van der Waals surface area contributed by atoms with E-state index in [0.29, 0.717) is 24.3 Å². The summed E-state index contributed by atoms with van der Waals surface area (Å²) in [7, 11) is 1.58. The Hall–Kier alpha value is -5.39. The van der Waals surface area contributed by atoms with E-state index in [1.54, 1.807) is 31.4 Å². The molecule has 0 aliphatic carbocycles. The zero-order valence-corrected chi connectivity index (χ0v) is 28.8. The summed E-state index contributed by atoms with van der Waals surface area (Å²) in [5, 5.41) is 14.0. The van der Waals surface area contributed by atoms with E-state index < -0.39 is 48.2 Å². The highest BCUT2D eigenvalue weighted by atomic mass is 16.5. The molecule has 0 spiro atoms. The van der Waals surface area contributed by atoms with Crippen LogP contribution in [0.25, 0.3) is 0 Å². The second-order valence-electron chi connectivity index (χ2n) is 12.6. The molecule has 0 saturated carbocycles. The Balaban J connectivity index is 1.58. The van der Waals surface area contributed by atoms with Gasteiger partial charge in [-0.15, -0.1) is 0 Å². The van der Waals surface area contributed by atoms with Crippen LogP contribution in [-0.4, -0.2) is 74.5 Å². The number of ether oxygens (including phenoxy) is 2. The van der Waals surface area contributed by atoms with Crippen LogP contribution in [0.5, 0.6) is 11.5 Å². The molecule has 3 atom stereocenters. The standard InChI is InChI=1S/C38H47N5O7/c1-25(2)21-30-38(48)43-31(23-26-11-5-4-6-12-26)36(46)39-18-10-20-50-33-16-8-7-15-29(33)35(45)42-32(24-34(44)41-30)37(47)40-19-17-27-13-9-14-28(22-27)49-3/h4-9,11-16,22,25,30-32H,10,17-21,23-24H2,1-3H3,(H,39,46)(H,40,47)(H,41,44)(H,42,45)(H,43,48)/t30-,31+,32+/m1/s1. The Morgan fingerprint density at radius 2 is 1.62 bits per heavy atom. The third kappa shape index (κ3) is 11.6. The second-order valence-corrected chi connectivity index (χ2v) is 12.6. The summed E-state index contributed by atoms with van der Waals surface area (Å²) in [5.41, 5.74) is 1.98. The largest absolute Gasteiger partial charge is 0.497 e. The average molecular weight is 686 g/mol. The number of nitrogens with one attached hydrogen (secondary N) is 5. The summed E-state index contributed by atoms with van der Waals surface area (Å²) >= 11 is 0. The number of hydrogen-bond acceptors (Lipinski definition) is 7. The Morgan fingerprint density at radius 1 is 0.880 bits per heavy atom. The van der Waals surface area contributed by atoms with Crippen LogP contribution in [0.2, 0.25) is 0 Å². The third-order valence-corrected chi connectivity index (χ3v) is 8.14. The van der Waals surface area contributed by atoms with E-state index in [0.717, 1.165) is 11.1 Å². The third-order valence-electron chi connectivity index (χ3n) is 8.14. The van der Waals surface area contributed by atoms with Crippen molar-refractivity contribution in [3.8, 4) is 11.5 Å². The van der Waals surface area contributed by atoms with E-state index in [4.69, 9.17) is 9.47 Å². The lowest BCUT2D eigenvalue weighted by Gasteiger charge is -2.25. The first-order valence-corrected chi connectivity index (χ1v) is 17.0. The highest BCUT2D eigenvalue weighted by Gasteiger charge is 2.31. The molecule has 0 saturated heterocycles. The molecule has 12 nitrogen and oxygen atoms in total. The van der Waals surface area contributed by atoms with Gasteiger partial charge in [-0.25, -0.2) is 0 Å². The van der Waals surface area contributed by atoms with E-state index in [-0.39, 0.29) is 49.9 Å². The van der Waals surface area contributed by atoms with Crippen molar-refractivity contribution < 1.29 is 33.4 Å². The van der Waals surface area contributed by atoms with Gasteiger partial charge in [0.05, 0.1) is 25.7 Å². The molecule has 5 amide bonds. The fraction of sp³-hybridized carbons (Fsp3) is 0.395. The molecule has 1 heterocycles. The SMILES string of the molecule is COc1cccc(CCNC(=O)[C@@H]2CC(=O)N[C@H](CC(C)C)C(=O)N[C@@H](Cc3ccccc3)C(=O)NCCCOc3ccccc3C(=O)N2)c1. The summed E-state index contributed by atoms with van der Waals surface area (Å²) in [6.45, 7) is 4.52. The van der Waals surface area contributed by atoms with Crippen LogP contribution in [0.4, 0.5) is 0 Å². The van der Waals surface area contributed by atoms with Crippen LogP contribution >= 0.6 is 0 Å². The number of benzene rings is 3. The molecule has 12 heteroatoms.